The Labute approximate surface area is 211 Å². The third kappa shape index (κ3) is 2.05. The minimum absolute atomic E-state index is 0.239. The molecule has 2 amide bonds. The summed E-state index contributed by atoms with van der Waals surface area (Å²) in [5.41, 5.74) is 2.49. The van der Waals surface area contributed by atoms with E-state index >= 15 is 0 Å². The molecule has 0 aliphatic carbocycles. The maximum atomic E-state index is 13.1. The summed E-state index contributed by atoms with van der Waals surface area (Å²) in [6.45, 7) is 2.18. The largest absolute Gasteiger partial charge is 0.277 e. The van der Waals surface area contributed by atoms with Crippen molar-refractivity contribution in [2.24, 2.45) is 0 Å². The second-order valence-corrected chi connectivity index (χ2v) is 10.5. The number of aryl methyl sites for hydroxylation is 1. The van der Waals surface area contributed by atoms with Gasteiger partial charge in [-0.1, -0.05) is 66.7 Å². The fourth-order valence-corrected chi connectivity index (χ4v) is 7.15. The molecule has 0 atom stereocenters. The lowest BCUT2D eigenvalue weighted by Crippen LogP contribution is -2.36. The molecule has 0 spiro atoms. The maximum Gasteiger partial charge on any atom is 0.261 e. The Morgan fingerprint density at radius 1 is 0.432 bits per heavy atom. The molecule has 3 heteroatoms. The molecule has 8 aromatic rings. The number of hydrogen-bond donors (Lipinski definition) is 0. The van der Waals surface area contributed by atoms with Crippen LogP contribution in [0.1, 0.15) is 26.3 Å². The molecule has 172 valence electrons. The van der Waals surface area contributed by atoms with Crippen LogP contribution in [0.3, 0.4) is 0 Å². The summed E-state index contributed by atoms with van der Waals surface area (Å²) in [5, 5.41) is 16.5. The topological polar surface area (TPSA) is 37.4 Å². The van der Waals surface area contributed by atoms with E-state index in [1.807, 2.05) is 12.1 Å². The molecule has 0 fully saturated rings. The summed E-state index contributed by atoms with van der Waals surface area (Å²) < 4.78 is 0. The highest BCUT2D eigenvalue weighted by atomic mass is 16.2. The van der Waals surface area contributed by atoms with Crippen LogP contribution in [0.25, 0.3) is 75.4 Å². The zero-order valence-corrected chi connectivity index (χ0v) is 20.3. The summed E-state index contributed by atoms with van der Waals surface area (Å²) >= 11 is 0. The van der Waals surface area contributed by atoms with Crippen LogP contribution in [0.5, 0.6) is 0 Å². The molecule has 1 aliphatic rings. The Morgan fingerprint density at radius 3 is 1.35 bits per heavy atom. The van der Waals surface area contributed by atoms with Crippen LogP contribution in [-0.4, -0.2) is 23.8 Å². The van der Waals surface area contributed by atoms with Gasteiger partial charge in [0.25, 0.3) is 11.8 Å². The highest BCUT2D eigenvalue weighted by molar-refractivity contribution is 6.44. The molecule has 1 heterocycles. The lowest BCUT2D eigenvalue weighted by Gasteiger charge is -2.26. The third-order valence-corrected chi connectivity index (χ3v) is 8.81. The number of hydrogen-bond acceptors (Lipinski definition) is 2. The van der Waals surface area contributed by atoms with Crippen LogP contribution in [0.15, 0.2) is 78.9 Å². The number of carbonyl (C=O) groups is 2. The van der Waals surface area contributed by atoms with Gasteiger partial charge in [-0.15, -0.1) is 0 Å². The lowest BCUT2D eigenvalue weighted by atomic mass is 9.82. The molecule has 37 heavy (non-hydrogen) atoms. The molecule has 9 rings (SSSR count). The van der Waals surface area contributed by atoms with Crippen molar-refractivity contribution in [3.63, 3.8) is 0 Å². The van der Waals surface area contributed by atoms with Gasteiger partial charge in [0, 0.05) is 23.6 Å². The minimum atomic E-state index is -0.239. The molecule has 0 saturated heterocycles. The van der Waals surface area contributed by atoms with Gasteiger partial charge in [-0.05, 0) is 94.6 Å². The van der Waals surface area contributed by atoms with Crippen LogP contribution in [0, 0.1) is 6.92 Å². The second-order valence-electron chi connectivity index (χ2n) is 10.5. The van der Waals surface area contributed by atoms with Gasteiger partial charge < -0.3 is 0 Å². The fourth-order valence-electron chi connectivity index (χ4n) is 7.15. The van der Waals surface area contributed by atoms with E-state index in [9.17, 15) is 9.59 Å². The average Bonchev–Trinajstić information content (AvgIpc) is 2.93. The van der Waals surface area contributed by atoms with E-state index in [0.717, 1.165) is 32.3 Å². The van der Waals surface area contributed by atoms with Gasteiger partial charge in [0.2, 0.25) is 0 Å². The minimum Gasteiger partial charge on any atom is -0.277 e. The first-order valence-electron chi connectivity index (χ1n) is 12.6. The predicted molar refractivity (Wildman–Crippen MR) is 153 cm³/mol. The summed E-state index contributed by atoms with van der Waals surface area (Å²) in [6.07, 6.45) is 0. The van der Waals surface area contributed by atoms with Crippen molar-refractivity contribution in [2.75, 3.05) is 7.05 Å². The standard InChI is InChI=1S/C34H19NO2/c1-16-6-7-19-21-9-11-23-25-13-15-27-32-26(33(36)35(2)34(27)37)14-12-24(31(25)32)22-10-8-20(29(21)30(22)23)18-5-3-4-17(16)28(18)19/h3-15H,1-2H3. The van der Waals surface area contributed by atoms with Crippen molar-refractivity contribution < 1.29 is 9.59 Å². The average molecular weight is 474 g/mol. The second kappa shape index (κ2) is 6.13. The van der Waals surface area contributed by atoms with Gasteiger partial charge in [-0.3, -0.25) is 14.5 Å². The van der Waals surface area contributed by atoms with Gasteiger partial charge in [0.05, 0.1) is 0 Å². The first kappa shape index (κ1) is 19.4. The number of carbonyl (C=O) groups excluding carboxylic acids is 2. The predicted octanol–water partition coefficient (Wildman–Crippen LogP) is 8.17. The Bertz CT molecular complexity index is 2240. The normalized spacial score (nSPS) is 14.3. The van der Waals surface area contributed by atoms with E-state index in [2.05, 4.69) is 73.7 Å². The Balaban J connectivity index is 1.58. The Hall–Kier alpha value is -4.76. The van der Waals surface area contributed by atoms with Crippen LogP contribution >= 0.6 is 0 Å². The third-order valence-electron chi connectivity index (χ3n) is 8.81. The molecule has 0 unspecified atom stereocenters. The smallest absolute Gasteiger partial charge is 0.261 e. The zero-order valence-electron chi connectivity index (χ0n) is 20.3. The van der Waals surface area contributed by atoms with Crippen LogP contribution in [0.2, 0.25) is 0 Å². The highest BCUT2D eigenvalue weighted by Gasteiger charge is 2.32. The SMILES string of the molecule is Cc1ccc2c3ccc4c5ccc6c7c(ccc(c8ccc(c9cccc1c92)c3c84)c75)C(=O)N(C)C6=O. The van der Waals surface area contributed by atoms with Gasteiger partial charge in [0.1, 0.15) is 0 Å². The molecule has 0 N–H and O–H groups in total. The lowest BCUT2D eigenvalue weighted by molar-refractivity contribution is 0.0651. The molecule has 0 saturated carbocycles. The zero-order chi connectivity index (χ0) is 24.7. The van der Waals surface area contributed by atoms with Gasteiger partial charge >= 0.3 is 0 Å². The Kier molecular flexibility index (Phi) is 3.22. The molecule has 3 nitrogen and oxygen atoms in total. The van der Waals surface area contributed by atoms with Crippen molar-refractivity contribution in [1.82, 2.24) is 4.90 Å². The van der Waals surface area contributed by atoms with E-state index in [4.69, 9.17) is 0 Å². The van der Waals surface area contributed by atoms with Crippen molar-refractivity contribution in [1.29, 1.82) is 0 Å². The number of rotatable bonds is 0. The van der Waals surface area contributed by atoms with Crippen molar-refractivity contribution in [3.05, 3.63) is 95.6 Å². The number of fused-ring (bicyclic) bond motifs is 4. The van der Waals surface area contributed by atoms with Gasteiger partial charge in [-0.2, -0.15) is 0 Å². The number of benzene rings is 8. The first-order chi connectivity index (χ1) is 18.0. The molecule has 8 aromatic carbocycles. The molecule has 0 bridgehead atoms. The van der Waals surface area contributed by atoms with E-state index < -0.39 is 0 Å². The Morgan fingerprint density at radius 2 is 0.811 bits per heavy atom. The number of amides is 2. The number of imide groups is 1. The van der Waals surface area contributed by atoms with Crippen LogP contribution in [-0.2, 0) is 0 Å². The molecular formula is C34H19NO2. The van der Waals surface area contributed by atoms with Crippen molar-refractivity contribution in [3.8, 4) is 0 Å². The fraction of sp³-hybridized carbons (Fsp3) is 0.0588. The summed E-state index contributed by atoms with van der Waals surface area (Å²) in [4.78, 5) is 27.3. The van der Waals surface area contributed by atoms with Gasteiger partial charge in [-0.25, -0.2) is 0 Å². The highest BCUT2D eigenvalue weighted by Crippen LogP contribution is 2.48. The van der Waals surface area contributed by atoms with Crippen molar-refractivity contribution >= 4 is 87.2 Å². The molecule has 0 aromatic heterocycles. The molecule has 0 radical (unpaired) electrons. The van der Waals surface area contributed by atoms with E-state index in [1.165, 1.54) is 53.6 Å². The molecule has 1 aliphatic heterocycles. The summed E-state index contributed by atoms with van der Waals surface area (Å²) in [6, 6.07) is 28.0. The molecular weight excluding hydrogens is 454 g/mol. The van der Waals surface area contributed by atoms with E-state index in [0.29, 0.717) is 11.1 Å². The van der Waals surface area contributed by atoms with Crippen LogP contribution in [0.4, 0.5) is 0 Å². The first-order valence-corrected chi connectivity index (χ1v) is 12.6. The van der Waals surface area contributed by atoms with E-state index in [-0.39, 0.29) is 11.8 Å². The number of nitrogens with zero attached hydrogens (tertiary/aromatic N) is 1. The summed E-state index contributed by atoms with van der Waals surface area (Å²) in [7, 11) is 1.56. The quantitative estimate of drug-likeness (QED) is 0.127. The maximum absolute atomic E-state index is 13.1. The summed E-state index contributed by atoms with van der Waals surface area (Å²) in [5.74, 6) is -0.477. The monoisotopic (exact) mass is 473 g/mol. The van der Waals surface area contributed by atoms with Gasteiger partial charge in [0.15, 0.2) is 0 Å². The van der Waals surface area contributed by atoms with Crippen molar-refractivity contribution in [2.45, 2.75) is 6.92 Å². The van der Waals surface area contributed by atoms with Crippen LogP contribution < -0.4 is 0 Å². The van der Waals surface area contributed by atoms with E-state index in [1.54, 1.807) is 7.05 Å².